The number of phenols is 2. The number of carboxylic acid groups (broad SMARTS) is 1. The van der Waals surface area contributed by atoms with Crippen molar-refractivity contribution < 1.29 is 24.9 Å². The van der Waals surface area contributed by atoms with Crippen LogP contribution in [0.1, 0.15) is 5.56 Å². The summed E-state index contributed by atoms with van der Waals surface area (Å²) in [5, 5.41) is 26.5. The number of carbonyl (C=O) groups is 1. The van der Waals surface area contributed by atoms with E-state index in [1.54, 1.807) is 36.4 Å². The monoisotopic (exact) mass is 305 g/mol. The number of methoxy groups -OCH3 is 1. The lowest BCUT2D eigenvalue weighted by atomic mass is 10.1. The molecule has 0 saturated heterocycles. The van der Waals surface area contributed by atoms with Gasteiger partial charge < -0.3 is 25.8 Å². The molecule has 0 aliphatic heterocycles. The van der Waals surface area contributed by atoms with E-state index < -0.39 is 12.0 Å². The van der Waals surface area contributed by atoms with Crippen molar-refractivity contribution in [1.82, 2.24) is 0 Å². The fraction of sp³-hybridized carbons (Fsp3) is 0.188. The maximum absolute atomic E-state index is 10.4. The fourth-order valence-electron chi connectivity index (χ4n) is 1.60. The van der Waals surface area contributed by atoms with Gasteiger partial charge >= 0.3 is 5.97 Å². The first-order chi connectivity index (χ1) is 10.4. The zero-order valence-electron chi connectivity index (χ0n) is 12.1. The van der Waals surface area contributed by atoms with Gasteiger partial charge in [0.05, 0.1) is 7.11 Å². The molecule has 0 spiro atoms. The lowest BCUT2D eigenvalue weighted by Crippen LogP contribution is -2.32. The van der Waals surface area contributed by atoms with Crippen LogP contribution in [0.15, 0.2) is 48.5 Å². The Morgan fingerprint density at radius 2 is 1.73 bits per heavy atom. The molecule has 22 heavy (non-hydrogen) atoms. The van der Waals surface area contributed by atoms with Crippen LogP contribution in [0.5, 0.6) is 17.2 Å². The van der Waals surface area contributed by atoms with Gasteiger partial charge in [-0.05, 0) is 36.2 Å². The van der Waals surface area contributed by atoms with Crippen LogP contribution in [0.3, 0.4) is 0 Å². The third-order valence-corrected chi connectivity index (χ3v) is 2.79. The predicted molar refractivity (Wildman–Crippen MR) is 82.1 cm³/mol. The van der Waals surface area contributed by atoms with Gasteiger partial charge in [-0.1, -0.05) is 24.3 Å². The predicted octanol–water partition coefficient (Wildman–Crippen LogP) is 1.75. The van der Waals surface area contributed by atoms with Gasteiger partial charge in [-0.15, -0.1) is 0 Å². The Morgan fingerprint density at radius 3 is 2.18 bits per heavy atom. The van der Waals surface area contributed by atoms with Crippen molar-refractivity contribution in [3.63, 3.8) is 0 Å². The van der Waals surface area contributed by atoms with Crippen molar-refractivity contribution in [2.45, 2.75) is 12.5 Å². The molecule has 2 aromatic carbocycles. The molecule has 6 nitrogen and oxygen atoms in total. The van der Waals surface area contributed by atoms with Crippen LogP contribution in [0.4, 0.5) is 0 Å². The molecule has 2 rings (SSSR count). The molecule has 0 aliphatic carbocycles. The van der Waals surface area contributed by atoms with Gasteiger partial charge in [-0.3, -0.25) is 4.79 Å². The number of aliphatic carboxylic acids is 1. The number of rotatable bonds is 4. The third kappa shape index (κ3) is 5.72. The van der Waals surface area contributed by atoms with E-state index in [2.05, 4.69) is 0 Å². The highest BCUT2D eigenvalue weighted by Gasteiger charge is 2.11. The normalized spacial score (nSPS) is 11.0. The van der Waals surface area contributed by atoms with Crippen molar-refractivity contribution in [1.29, 1.82) is 0 Å². The lowest BCUT2D eigenvalue weighted by Gasteiger charge is -2.05. The van der Waals surface area contributed by atoms with E-state index >= 15 is 0 Å². The Balaban J connectivity index is 0.000000235. The average Bonchev–Trinajstić information content (AvgIpc) is 2.50. The molecular formula is C16H19NO5. The zero-order chi connectivity index (χ0) is 16.5. The van der Waals surface area contributed by atoms with Gasteiger partial charge in [0.15, 0.2) is 11.5 Å². The number of hydrogen-bond acceptors (Lipinski definition) is 5. The van der Waals surface area contributed by atoms with Gasteiger partial charge in [-0.25, -0.2) is 0 Å². The molecule has 5 N–H and O–H groups in total. The summed E-state index contributed by atoms with van der Waals surface area (Å²) in [6, 6.07) is 12.3. The van der Waals surface area contributed by atoms with Gasteiger partial charge in [-0.2, -0.15) is 0 Å². The van der Waals surface area contributed by atoms with E-state index in [1.165, 1.54) is 19.2 Å². The molecule has 0 aliphatic rings. The van der Waals surface area contributed by atoms with Gasteiger partial charge in [0.25, 0.3) is 0 Å². The molecule has 0 bridgehead atoms. The number of para-hydroxylation sites is 2. The molecule has 0 fully saturated rings. The Hall–Kier alpha value is -2.73. The summed E-state index contributed by atoms with van der Waals surface area (Å²) in [4.78, 5) is 10.4. The Morgan fingerprint density at radius 1 is 1.14 bits per heavy atom. The summed E-state index contributed by atoms with van der Waals surface area (Å²) in [6.07, 6.45) is 0.273. The molecule has 1 unspecified atom stereocenters. The summed E-state index contributed by atoms with van der Waals surface area (Å²) in [5.74, 6) is -0.168. The summed E-state index contributed by atoms with van der Waals surface area (Å²) in [6.45, 7) is 0. The minimum Gasteiger partial charge on any atom is -0.508 e. The summed E-state index contributed by atoms with van der Waals surface area (Å²) >= 11 is 0. The Bertz CT molecular complexity index is 598. The number of benzene rings is 2. The number of ether oxygens (including phenoxy) is 1. The van der Waals surface area contributed by atoms with Gasteiger partial charge in [0.2, 0.25) is 0 Å². The smallest absolute Gasteiger partial charge is 0.320 e. The van der Waals surface area contributed by atoms with E-state index in [9.17, 15) is 4.79 Å². The first-order valence-corrected chi connectivity index (χ1v) is 6.52. The minimum absolute atomic E-state index is 0.160. The molecule has 2 aromatic rings. The van der Waals surface area contributed by atoms with E-state index in [0.29, 0.717) is 5.75 Å². The second kappa shape index (κ2) is 8.53. The number of aromatic hydroxyl groups is 2. The maximum atomic E-state index is 10.4. The first kappa shape index (κ1) is 17.3. The van der Waals surface area contributed by atoms with E-state index in [1.807, 2.05) is 0 Å². The molecule has 1 atom stereocenters. The topological polar surface area (TPSA) is 113 Å². The second-order valence-corrected chi connectivity index (χ2v) is 4.49. The van der Waals surface area contributed by atoms with Crippen LogP contribution in [-0.4, -0.2) is 34.4 Å². The van der Waals surface area contributed by atoms with Crippen LogP contribution >= 0.6 is 0 Å². The quantitative estimate of drug-likeness (QED) is 0.684. The molecule has 6 heteroatoms. The highest BCUT2D eigenvalue weighted by Crippen LogP contribution is 2.23. The highest BCUT2D eigenvalue weighted by atomic mass is 16.5. The summed E-state index contributed by atoms with van der Waals surface area (Å²) < 4.78 is 4.79. The molecular weight excluding hydrogens is 286 g/mol. The number of phenolic OH excluding ortho intramolecular Hbond substituents is 2. The largest absolute Gasteiger partial charge is 0.508 e. The number of carboxylic acids is 1. The number of hydrogen-bond donors (Lipinski definition) is 4. The molecule has 118 valence electrons. The van der Waals surface area contributed by atoms with Crippen LogP contribution in [-0.2, 0) is 11.2 Å². The number of nitrogens with two attached hydrogens (primary N) is 1. The van der Waals surface area contributed by atoms with Gasteiger partial charge in [0, 0.05) is 0 Å². The van der Waals surface area contributed by atoms with Crippen molar-refractivity contribution in [2.24, 2.45) is 5.73 Å². The van der Waals surface area contributed by atoms with Crippen LogP contribution in [0.25, 0.3) is 0 Å². The third-order valence-electron chi connectivity index (χ3n) is 2.79. The van der Waals surface area contributed by atoms with Crippen LogP contribution < -0.4 is 10.5 Å². The molecule has 0 heterocycles. The standard InChI is InChI=1S/C9H11NO3.C7H8O2/c10-8(9(12)13)5-6-1-3-7(11)4-2-6;1-9-7-5-3-2-4-6(7)8/h1-4,8,11H,5,10H2,(H,12,13);2-5,8H,1H3. The highest BCUT2D eigenvalue weighted by molar-refractivity contribution is 5.73. The van der Waals surface area contributed by atoms with E-state index in [0.717, 1.165) is 5.56 Å². The van der Waals surface area contributed by atoms with Crippen molar-refractivity contribution in [3.8, 4) is 17.2 Å². The minimum atomic E-state index is -1.02. The lowest BCUT2D eigenvalue weighted by molar-refractivity contribution is -0.138. The second-order valence-electron chi connectivity index (χ2n) is 4.49. The first-order valence-electron chi connectivity index (χ1n) is 6.52. The van der Waals surface area contributed by atoms with Crippen molar-refractivity contribution in [2.75, 3.05) is 7.11 Å². The Labute approximate surface area is 128 Å². The fourth-order valence-corrected chi connectivity index (χ4v) is 1.60. The molecule has 0 radical (unpaired) electrons. The van der Waals surface area contributed by atoms with E-state index in [-0.39, 0.29) is 17.9 Å². The summed E-state index contributed by atoms with van der Waals surface area (Å²) in [5.41, 5.74) is 6.12. The van der Waals surface area contributed by atoms with E-state index in [4.69, 9.17) is 25.8 Å². The van der Waals surface area contributed by atoms with Crippen molar-refractivity contribution in [3.05, 3.63) is 54.1 Å². The molecule has 0 amide bonds. The molecule has 0 aromatic heterocycles. The average molecular weight is 305 g/mol. The van der Waals surface area contributed by atoms with Crippen LogP contribution in [0, 0.1) is 0 Å². The molecule has 0 saturated carbocycles. The SMILES string of the molecule is COc1ccccc1O.NC(Cc1ccc(O)cc1)C(=O)O. The zero-order valence-corrected chi connectivity index (χ0v) is 12.1. The summed E-state index contributed by atoms with van der Waals surface area (Å²) in [7, 11) is 1.52. The van der Waals surface area contributed by atoms with Crippen molar-refractivity contribution >= 4 is 5.97 Å². The van der Waals surface area contributed by atoms with Gasteiger partial charge in [0.1, 0.15) is 11.8 Å². The maximum Gasteiger partial charge on any atom is 0.320 e. The Kier molecular flexibility index (Phi) is 6.72. The van der Waals surface area contributed by atoms with Crippen LogP contribution in [0.2, 0.25) is 0 Å².